The zero-order valence-corrected chi connectivity index (χ0v) is 21.0. The third kappa shape index (κ3) is 5.74. The van der Waals surface area contributed by atoms with Crippen LogP contribution in [0.2, 0.25) is 0 Å². The van der Waals surface area contributed by atoms with Crippen molar-refractivity contribution in [2.24, 2.45) is 5.92 Å². The Morgan fingerprint density at radius 1 is 1.06 bits per heavy atom. The molecule has 188 valence electrons. The quantitative estimate of drug-likeness (QED) is 0.610. The first-order chi connectivity index (χ1) is 16.8. The maximum Gasteiger partial charge on any atom is 0.251 e. The first kappa shape index (κ1) is 25.3. The van der Waals surface area contributed by atoms with Gasteiger partial charge in [0.05, 0.1) is 24.2 Å². The Labute approximate surface area is 207 Å². The third-order valence-corrected chi connectivity index (χ3v) is 8.52. The highest BCUT2D eigenvalue weighted by Gasteiger charge is 2.30. The number of aryl methyl sites for hydroxylation is 1. The minimum absolute atomic E-state index is 0.0522. The molecule has 2 unspecified atom stereocenters. The van der Waals surface area contributed by atoms with Gasteiger partial charge in [0.2, 0.25) is 15.9 Å². The fourth-order valence-corrected chi connectivity index (χ4v) is 6.11. The van der Waals surface area contributed by atoms with Gasteiger partial charge >= 0.3 is 0 Å². The Morgan fingerprint density at radius 3 is 2.54 bits per heavy atom. The van der Waals surface area contributed by atoms with E-state index in [1.165, 1.54) is 22.0 Å². The van der Waals surface area contributed by atoms with Crippen LogP contribution in [0.25, 0.3) is 0 Å². The van der Waals surface area contributed by atoms with Crippen molar-refractivity contribution in [2.75, 3.05) is 26.3 Å². The number of hydrogen-bond acceptors (Lipinski definition) is 5. The first-order valence-electron chi connectivity index (χ1n) is 12.1. The number of carbonyl (C=O) groups is 2. The molecule has 8 nitrogen and oxygen atoms in total. The van der Waals surface area contributed by atoms with Gasteiger partial charge in [0.25, 0.3) is 5.91 Å². The number of nitrogens with one attached hydrogen (secondary N) is 2. The molecule has 0 aromatic heterocycles. The molecule has 4 rings (SSSR count). The van der Waals surface area contributed by atoms with Crippen molar-refractivity contribution < 1.29 is 22.7 Å². The molecule has 2 amide bonds. The Hall–Kier alpha value is -2.75. The summed E-state index contributed by atoms with van der Waals surface area (Å²) in [5.74, 6) is -0.882. The lowest BCUT2D eigenvalue weighted by atomic mass is 9.87. The number of nitrogens with zero attached hydrogens (tertiary/aromatic N) is 1. The molecule has 35 heavy (non-hydrogen) atoms. The average Bonchev–Trinajstić information content (AvgIpc) is 2.87. The number of fused-ring (bicyclic) bond motifs is 1. The van der Waals surface area contributed by atoms with Gasteiger partial charge in [0.1, 0.15) is 6.04 Å². The number of benzene rings is 2. The molecule has 1 aliphatic heterocycles. The fourth-order valence-electron chi connectivity index (χ4n) is 4.66. The van der Waals surface area contributed by atoms with Crippen molar-refractivity contribution in [2.45, 2.75) is 50.1 Å². The van der Waals surface area contributed by atoms with Crippen LogP contribution in [0.5, 0.6) is 0 Å². The Morgan fingerprint density at radius 2 is 1.80 bits per heavy atom. The second-order valence-corrected chi connectivity index (χ2v) is 11.3. The summed E-state index contributed by atoms with van der Waals surface area (Å²) < 4.78 is 32.6. The van der Waals surface area contributed by atoms with Gasteiger partial charge in [-0.1, -0.05) is 44.2 Å². The van der Waals surface area contributed by atoms with Crippen LogP contribution in [0.15, 0.2) is 53.4 Å². The molecule has 2 aromatic carbocycles. The highest BCUT2D eigenvalue weighted by Crippen LogP contribution is 2.29. The molecule has 9 heteroatoms. The molecule has 2 aliphatic rings. The van der Waals surface area contributed by atoms with Gasteiger partial charge in [-0.15, -0.1) is 0 Å². The van der Waals surface area contributed by atoms with E-state index in [1.54, 1.807) is 12.1 Å². The molecule has 1 fully saturated rings. The minimum Gasteiger partial charge on any atom is -0.379 e. The Bertz CT molecular complexity index is 1180. The van der Waals surface area contributed by atoms with E-state index in [4.69, 9.17) is 4.74 Å². The topological polar surface area (TPSA) is 105 Å². The Kier molecular flexibility index (Phi) is 7.88. The zero-order chi connectivity index (χ0) is 25.0. The molecule has 1 saturated heterocycles. The van der Waals surface area contributed by atoms with E-state index in [2.05, 4.69) is 16.7 Å². The largest absolute Gasteiger partial charge is 0.379 e. The molecule has 2 atom stereocenters. The van der Waals surface area contributed by atoms with Crippen molar-refractivity contribution in [1.29, 1.82) is 0 Å². The van der Waals surface area contributed by atoms with Gasteiger partial charge in [0.15, 0.2) is 0 Å². The zero-order valence-electron chi connectivity index (χ0n) is 20.2. The molecule has 0 radical (unpaired) electrons. The fraction of sp³-hybridized carbons (Fsp3) is 0.462. The van der Waals surface area contributed by atoms with E-state index >= 15 is 0 Å². The Balaban J connectivity index is 1.48. The second-order valence-electron chi connectivity index (χ2n) is 9.39. The highest BCUT2D eigenvalue weighted by molar-refractivity contribution is 7.89. The molecule has 0 bridgehead atoms. The lowest BCUT2D eigenvalue weighted by molar-refractivity contribution is -0.124. The van der Waals surface area contributed by atoms with Crippen LogP contribution in [-0.2, 0) is 26.0 Å². The van der Waals surface area contributed by atoms with E-state index in [9.17, 15) is 18.0 Å². The van der Waals surface area contributed by atoms with Gasteiger partial charge < -0.3 is 15.4 Å². The molecule has 1 aliphatic carbocycles. The first-order valence-corrected chi connectivity index (χ1v) is 13.6. The van der Waals surface area contributed by atoms with Crippen LogP contribution in [0.4, 0.5) is 0 Å². The summed E-state index contributed by atoms with van der Waals surface area (Å²) in [5, 5.41) is 5.95. The molecular formula is C26H33N3O5S. The van der Waals surface area contributed by atoms with E-state index in [0.717, 1.165) is 24.8 Å². The van der Waals surface area contributed by atoms with Crippen molar-refractivity contribution in [3.8, 4) is 0 Å². The van der Waals surface area contributed by atoms with Crippen LogP contribution in [-0.4, -0.2) is 56.9 Å². The predicted octanol–water partition coefficient (Wildman–Crippen LogP) is 2.66. The standard InChI is InChI=1S/C26H33N3O5S/c1-18(2)24(26(31)27-23-12-6-8-19-7-3-4-11-22(19)23)28-25(30)20-9-5-10-21(17-20)35(32,33)29-13-15-34-16-14-29/h3-5,7,9-11,17-18,23-24H,6,8,12-16H2,1-2H3,(H,27,31)(H,28,30). The van der Waals surface area contributed by atoms with Crippen LogP contribution in [0, 0.1) is 5.92 Å². The summed E-state index contributed by atoms with van der Waals surface area (Å²) in [5.41, 5.74) is 2.57. The van der Waals surface area contributed by atoms with Gasteiger partial charge in [0, 0.05) is 18.7 Å². The minimum atomic E-state index is -3.73. The number of amides is 2. The lowest BCUT2D eigenvalue weighted by Gasteiger charge is -2.29. The van der Waals surface area contributed by atoms with Crippen molar-refractivity contribution in [1.82, 2.24) is 14.9 Å². The van der Waals surface area contributed by atoms with E-state index < -0.39 is 22.0 Å². The second kappa shape index (κ2) is 10.9. The summed E-state index contributed by atoms with van der Waals surface area (Å²) in [7, 11) is -3.73. The van der Waals surface area contributed by atoms with Crippen LogP contribution >= 0.6 is 0 Å². The molecule has 0 spiro atoms. The third-order valence-electron chi connectivity index (χ3n) is 6.63. The molecular weight excluding hydrogens is 466 g/mol. The van der Waals surface area contributed by atoms with Gasteiger partial charge in [-0.25, -0.2) is 8.42 Å². The van der Waals surface area contributed by atoms with Crippen molar-refractivity contribution in [3.05, 3.63) is 65.2 Å². The maximum atomic E-state index is 13.2. The van der Waals surface area contributed by atoms with Crippen molar-refractivity contribution in [3.63, 3.8) is 0 Å². The summed E-state index contributed by atoms with van der Waals surface area (Å²) in [4.78, 5) is 26.4. The van der Waals surface area contributed by atoms with Gasteiger partial charge in [-0.3, -0.25) is 9.59 Å². The molecule has 2 aromatic rings. The number of ether oxygens (including phenoxy) is 1. The van der Waals surface area contributed by atoms with Crippen LogP contribution < -0.4 is 10.6 Å². The SMILES string of the molecule is CC(C)C(NC(=O)c1cccc(S(=O)(=O)N2CCOCC2)c1)C(=O)NC1CCCc2ccccc21. The monoisotopic (exact) mass is 499 g/mol. The summed E-state index contributed by atoms with van der Waals surface area (Å²) in [6, 6.07) is 13.2. The molecule has 2 N–H and O–H groups in total. The van der Waals surface area contributed by atoms with E-state index in [0.29, 0.717) is 13.2 Å². The summed E-state index contributed by atoms with van der Waals surface area (Å²) >= 11 is 0. The van der Waals surface area contributed by atoms with Gasteiger partial charge in [-0.2, -0.15) is 4.31 Å². The van der Waals surface area contributed by atoms with Crippen LogP contribution in [0.3, 0.4) is 0 Å². The molecule has 1 heterocycles. The number of morpholine rings is 1. The average molecular weight is 500 g/mol. The van der Waals surface area contributed by atoms with E-state index in [1.807, 2.05) is 32.0 Å². The summed E-state index contributed by atoms with van der Waals surface area (Å²) in [6.45, 7) is 4.99. The van der Waals surface area contributed by atoms with Crippen LogP contribution in [0.1, 0.15) is 54.2 Å². The number of hydrogen-bond donors (Lipinski definition) is 2. The van der Waals surface area contributed by atoms with E-state index in [-0.39, 0.29) is 41.4 Å². The van der Waals surface area contributed by atoms with Gasteiger partial charge in [-0.05, 0) is 54.5 Å². The van der Waals surface area contributed by atoms with Crippen molar-refractivity contribution >= 4 is 21.8 Å². The smallest absolute Gasteiger partial charge is 0.251 e. The normalized spacial score (nSPS) is 19.6. The predicted molar refractivity (Wildman–Crippen MR) is 132 cm³/mol. The summed E-state index contributed by atoms with van der Waals surface area (Å²) in [6.07, 6.45) is 2.84. The number of carbonyl (C=O) groups excluding carboxylic acids is 2. The number of sulfonamides is 1. The molecule has 0 saturated carbocycles. The maximum absolute atomic E-state index is 13.2. The highest BCUT2D eigenvalue weighted by atomic mass is 32.2. The number of rotatable bonds is 7. The lowest BCUT2D eigenvalue weighted by Crippen LogP contribution is -2.50.